The summed E-state index contributed by atoms with van der Waals surface area (Å²) in [6.07, 6.45) is 4.94. The first kappa shape index (κ1) is 15.6. The van der Waals surface area contributed by atoms with Crippen molar-refractivity contribution in [2.45, 2.75) is 13.8 Å². The normalized spacial score (nSPS) is 11.4. The molecule has 0 aliphatic carbocycles. The lowest BCUT2D eigenvalue weighted by Crippen LogP contribution is -2.15. The number of hydrogen-bond donors (Lipinski definition) is 0. The molecule has 0 rings (SSSR count). The number of esters is 2. The minimum Gasteiger partial charge on any atom is -0.422 e. The largest absolute Gasteiger partial charge is 0.422 e. The van der Waals surface area contributed by atoms with Gasteiger partial charge in [-0.2, -0.15) is 0 Å². The number of rotatable bonds is 6. The minimum atomic E-state index is -0.750. The summed E-state index contributed by atoms with van der Waals surface area (Å²) in [5.41, 5.74) is 0. The molecule has 0 aliphatic rings. The van der Waals surface area contributed by atoms with Crippen LogP contribution in [0.2, 0.25) is 0 Å². The number of ketones is 1. The van der Waals surface area contributed by atoms with E-state index in [1.165, 1.54) is 24.3 Å². The summed E-state index contributed by atoms with van der Waals surface area (Å²) in [4.78, 5) is 33.6. The monoisotopic (exact) mass is 250 g/mol. The van der Waals surface area contributed by atoms with E-state index in [4.69, 9.17) is 9.47 Å². The van der Waals surface area contributed by atoms with Crippen molar-refractivity contribution in [2.75, 3.05) is 0 Å². The van der Waals surface area contributed by atoms with Gasteiger partial charge >= 0.3 is 11.9 Å². The topological polar surface area (TPSA) is 69.7 Å². The van der Waals surface area contributed by atoms with Crippen molar-refractivity contribution in [3.8, 4) is 0 Å². The molecule has 5 nitrogen and oxygen atoms in total. The first-order chi connectivity index (χ1) is 8.42. The van der Waals surface area contributed by atoms with Gasteiger partial charge in [-0.15, -0.1) is 0 Å². The van der Waals surface area contributed by atoms with Crippen molar-refractivity contribution in [3.63, 3.8) is 0 Å². The van der Waals surface area contributed by atoms with E-state index in [-0.39, 0.29) is 11.5 Å². The van der Waals surface area contributed by atoms with Gasteiger partial charge in [-0.3, -0.25) is 14.4 Å². The summed E-state index contributed by atoms with van der Waals surface area (Å²) in [5, 5.41) is 0. The van der Waals surface area contributed by atoms with Gasteiger partial charge in [0.25, 0.3) is 5.78 Å². The van der Waals surface area contributed by atoms with E-state index in [0.29, 0.717) is 0 Å². The van der Waals surface area contributed by atoms with Crippen molar-refractivity contribution in [2.24, 2.45) is 0 Å². The molecule has 0 aromatic heterocycles. The minimum absolute atomic E-state index is 0.285. The maximum atomic E-state index is 11.9. The number of allylic oxidation sites excluding steroid dienone is 4. The number of Topliss-reactive ketones (excluding diaryl/α,β-unsaturated/α-hetero) is 1. The molecule has 0 radical (unpaired) electrons. The summed E-state index contributed by atoms with van der Waals surface area (Å²) in [6, 6.07) is 0. The highest BCUT2D eigenvalue weighted by Gasteiger charge is 2.20. The Morgan fingerprint density at radius 3 is 1.39 bits per heavy atom. The SMILES string of the molecule is C=C/C=C(/OC(C)=O)C(=O)/C(=C\C=C)OC(C)=O. The summed E-state index contributed by atoms with van der Waals surface area (Å²) < 4.78 is 9.39. The quantitative estimate of drug-likeness (QED) is 0.311. The van der Waals surface area contributed by atoms with E-state index in [1.54, 1.807) is 0 Å². The van der Waals surface area contributed by atoms with E-state index in [0.717, 1.165) is 13.8 Å². The molecule has 0 aromatic rings. The molecule has 0 saturated heterocycles. The number of carbonyl (C=O) groups excluding carboxylic acids is 3. The van der Waals surface area contributed by atoms with Crippen molar-refractivity contribution in [1.82, 2.24) is 0 Å². The molecule has 0 atom stereocenters. The maximum Gasteiger partial charge on any atom is 0.308 e. The van der Waals surface area contributed by atoms with Gasteiger partial charge in [-0.05, 0) is 12.2 Å². The zero-order valence-electron chi connectivity index (χ0n) is 10.3. The van der Waals surface area contributed by atoms with Gasteiger partial charge in [-0.25, -0.2) is 0 Å². The van der Waals surface area contributed by atoms with Crippen LogP contribution >= 0.6 is 0 Å². The summed E-state index contributed by atoms with van der Waals surface area (Å²) in [7, 11) is 0. The molecule has 0 unspecified atom stereocenters. The van der Waals surface area contributed by atoms with E-state index in [9.17, 15) is 14.4 Å². The van der Waals surface area contributed by atoms with Crippen LogP contribution in [0, 0.1) is 0 Å². The Morgan fingerprint density at radius 1 is 0.833 bits per heavy atom. The van der Waals surface area contributed by atoms with Gasteiger partial charge < -0.3 is 9.47 Å². The van der Waals surface area contributed by atoms with Crippen LogP contribution in [-0.2, 0) is 23.9 Å². The van der Waals surface area contributed by atoms with E-state index in [2.05, 4.69) is 13.2 Å². The maximum absolute atomic E-state index is 11.9. The van der Waals surface area contributed by atoms with Crippen LogP contribution < -0.4 is 0 Å². The van der Waals surface area contributed by atoms with Gasteiger partial charge in [-0.1, -0.05) is 25.3 Å². The summed E-state index contributed by atoms with van der Waals surface area (Å²) in [6.45, 7) is 9.07. The predicted octanol–water partition coefficient (Wildman–Crippen LogP) is 1.82. The van der Waals surface area contributed by atoms with Gasteiger partial charge in [0.15, 0.2) is 11.5 Å². The summed E-state index contributed by atoms with van der Waals surface area (Å²) >= 11 is 0. The Labute approximate surface area is 105 Å². The van der Waals surface area contributed by atoms with Crippen LogP contribution in [0.15, 0.2) is 49.0 Å². The molecule has 0 heterocycles. The molecule has 0 N–H and O–H groups in total. The molecule has 5 heteroatoms. The first-order valence-corrected chi connectivity index (χ1v) is 4.99. The third-order valence-corrected chi connectivity index (χ3v) is 1.49. The highest BCUT2D eigenvalue weighted by Crippen LogP contribution is 2.11. The number of hydrogen-bond acceptors (Lipinski definition) is 5. The second kappa shape index (κ2) is 7.78. The Hall–Kier alpha value is -2.43. The van der Waals surface area contributed by atoms with Crippen LogP contribution in [0.3, 0.4) is 0 Å². The molecule has 0 spiro atoms. The molecule has 0 aliphatic heterocycles. The van der Waals surface area contributed by atoms with Crippen LogP contribution in [0.4, 0.5) is 0 Å². The Bertz CT molecular complexity index is 400. The molecular weight excluding hydrogens is 236 g/mol. The lowest BCUT2D eigenvalue weighted by Gasteiger charge is -2.08. The second-order valence-electron chi connectivity index (χ2n) is 3.05. The zero-order chi connectivity index (χ0) is 14.1. The first-order valence-electron chi connectivity index (χ1n) is 4.99. The molecule has 0 aromatic carbocycles. The second-order valence-corrected chi connectivity index (χ2v) is 3.05. The van der Waals surface area contributed by atoms with Gasteiger partial charge in [0.2, 0.25) is 0 Å². The van der Waals surface area contributed by atoms with E-state index in [1.807, 2.05) is 0 Å². The van der Waals surface area contributed by atoms with Crippen molar-refractivity contribution < 1.29 is 23.9 Å². The Balaban J connectivity index is 5.25. The predicted molar refractivity (Wildman–Crippen MR) is 65.1 cm³/mol. The Kier molecular flexibility index (Phi) is 6.73. The average molecular weight is 250 g/mol. The van der Waals surface area contributed by atoms with Crippen LogP contribution in [0.5, 0.6) is 0 Å². The van der Waals surface area contributed by atoms with Crippen molar-refractivity contribution in [3.05, 3.63) is 49.0 Å². The fraction of sp³-hybridized carbons (Fsp3) is 0.154. The van der Waals surface area contributed by atoms with Crippen LogP contribution in [0.1, 0.15) is 13.8 Å². The molecule has 96 valence electrons. The molecule has 0 amide bonds. The van der Waals surface area contributed by atoms with Crippen LogP contribution in [-0.4, -0.2) is 17.7 Å². The average Bonchev–Trinajstić information content (AvgIpc) is 2.26. The highest BCUT2D eigenvalue weighted by molar-refractivity contribution is 6.07. The van der Waals surface area contributed by atoms with Gasteiger partial charge in [0.05, 0.1) is 0 Å². The highest BCUT2D eigenvalue weighted by atomic mass is 16.6. The fourth-order valence-corrected chi connectivity index (χ4v) is 0.957. The standard InChI is InChI=1S/C13H14O5/c1-5-7-11(17-9(3)14)13(16)12(8-6-2)18-10(4)15/h5-8H,1-2H2,3-4H3/b11-7+,12-8+. The lowest BCUT2D eigenvalue weighted by atomic mass is 10.2. The van der Waals surface area contributed by atoms with E-state index < -0.39 is 17.7 Å². The van der Waals surface area contributed by atoms with Crippen LogP contribution in [0.25, 0.3) is 0 Å². The summed E-state index contributed by atoms with van der Waals surface area (Å²) in [5.74, 6) is -2.66. The fourth-order valence-electron chi connectivity index (χ4n) is 0.957. The lowest BCUT2D eigenvalue weighted by molar-refractivity contribution is -0.142. The zero-order valence-corrected chi connectivity index (χ0v) is 10.3. The smallest absolute Gasteiger partial charge is 0.308 e. The van der Waals surface area contributed by atoms with Gasteiger partial charge in [0, 0.05) is 13.8 Å². The molecule has 18 heavy (non-hydrogen) atoms. The van der Waals surface area contributed by atoms with E-state index >= 15 is 0 Å². The number of carbonyl (C=O) groups is 3. The molecular formula is C13H14O5. The molecule has 0 bridgehead atoms. The third-order valence-electron chi connectivity index (χ3n) is 1.49. The third kappa shape index (κ3) is 5.60. The van der Waals surface area contributed by atoms with Crippen molar-refractivity contribution in [1.29, 1.82) is 0 Å². The van der Waals surface area contributed by atoms with Crippen molar-refractivity contribution >= 4 is 17.7 Å². The number of ether oxygens (including phenoxy) is 2. The molecule has 0 fully saturated rings. The molecule has 0 saturated carbocycles. The van der Waals surface area contributed by atoms with Gasteiger partial charge in [0.1, 0.15) is 0 Å². The Morgan fingerprint density at radius 2 is 1.17 bits per heavy atom.